The molecule has 1 aliphatic carbocycles. The predicted molar refractivity (Wildman–Crippen MR) is 234 cm³/mol. The largest absolute Gasteiger partial charge is 0.368 e. The van der Waals surface area contributed by atoms with Gasteiger partial charge in [-0.15, -0.1) is 0 Å². The van der Waals surface area contributed by atoms with Gasteiger partial charge in [0, 0.05) is 127 Å². The fraction of sp³-hybridized carbons (Fsp3) is 0.511. The van der Waals surface area contributed by atoms with Crippen molar-refractivity contribution in [1.29, 1.82) is 0 Å². The summed E-state index contributed by atoms with van der Waals surface area (Å²) in [6.45, 7) is 10.1. The Morgan fingerprint density at radius 2 is 1.40 bits per heavy atom. The standard InChI is InChI=1S/C45H53N13O5/c1-51(2)44(63)37-17-27-19-47-45(50-40(27)57(37)28-5-3-4-6-28)48-38-11-8-30(20-46-38)52-13-15-53(16-14-52)31-21-55(22-31)33-25-56(26-33)32-23-54(24-32)29-7-9-34-35(18-29)43(62)58(42(34)61)36-10-12-39(59)49-41(36)60/h7-9,11,17-20,28,31-33,36H,3-6,10,12-16,21-26H2,1-2H3,(H,49,59,60)(H,46,47,48,50). The van der Waals surface area contributed by atoms with Gasteiger partial charge in [-0.05, 0) is 55.7 Å². The minimum absolute atomic E-state index is 0.0237. The normalized spacial score (nSPS) is 23.3. The summed E-state index contributed by atoms with van der Waals surface area (Å²) >= 11 is 0. The number of fused-ring (bicyclic) bond motifs is 2. The van der Waals surface area contributed by atoms with Crippen LogP contribution in [0.4, 0.5) is 23.1 Å². The number of rotatable bonds is 10. The number of piperazine rings is 1. The van der Waals surface area contributed by atoms with Gasteiger partial charge in [0.1, 0.15) is 23.2 Å². The molecule has 6 aliphatic heterocycles. The van der Waals surface area contributed by atoms with Crippen LogP contribution in [-0.2, 0) is 9.59 Å². The number of nitrogens with zero attached hydrogens (tertiary/aromatic N) is 11. The van der Waals surface area contributed by atoms with Crippen molar-refractivity contribution < 1.29 is 24.0 Å². The Morgan fingerprint density at radius 1 is 0.714 bits per heavy atom. The van der Waals surface area contributed by atoms with Crippen molar-refractivity contribution in [3.05, 3.63) is 65.6 Å². The SMILES string of the molecule is CN(C)C(=O)c1cc2cnc(Nc3ccc(N4CCN(C5CN(C6CN(C7CN(c8ccc9c(c8)C(=O)N(C8CCC(=O)NC8=O)C9=O)C7)C6)C5)CC4)cn3)nc2n1C1CCCC1. The molecule has 18 heteroatoms. The van der Waals surface area contributed by atoms with Crippen molar-refractivity contribution >= 4 is 63.7 Å². The van der Waals surface area contributed by atoms with Gasteiger partial charge in [-0.3, -0.25) is 48.9 Å². The number of aromatic nitrogens is 4. The molecule has 5 amide bonds. The average Bonchev–Trinajstić information content (AvgIpc) is 3.96. The number of likely N-dealkylation sites (tertiary alicyclic amines) is 2. The fourth-order valence-electron chi connectivity index (χ4n) is 10.7. The highest BCUT2D eigenvalue weighted by atomic mass is 16.2. The number of amides is 5. The van der Waals surface area contributed by atoms with E-state index in [4.69, 9.17) is 9.97 Å². The molecule has 328 valence electrons. The molecular weight excluding hydrogens is 803 g/mol. The van der Waals surface area contributed by atoms with Crippen molar-refractivity contribution in [2.75, 3.05) is 94.7 Å². The van der Waals surface area contributed by atoms with Crippen molar-refractivity contribution in [2.45, 2.75) is 68.7 Å². The lowest BCUT2D eigenvalue weighted by Gasteiger charge is -2.58. The highest BCUT2D eigenvalue weighted by Crippen LogP contribution is 2.37. The first-order valence-corrected chi connectivity index (χ1v) is 22.5. The molecule has 6 fully saturated rings. The Kier molecular flexibility index (Phi) is 9.91. The molecule has 63 heavy (non-hydrogen) atoms. The van der Waals surface area contributed by atoms with E-state index < -0.39 is 23.8 Å². The lowest BCUT2D eigenvalue weighted by Crippen LogP contribution is -2.74. The Hall–Kier alpha value is -5.98. The summed E-state index contributed by atoms with van der Waals surface area (Å²) < 4.78 is 2.12. The summed E-state index contributed by atoms with van der Waals surface area (Å²) in [5, 5.41) is 6.41. The monoisotopic (exact) mass is 855 g/mol. The van der Waals surface area contributed by atoms with Crippen LogP contribution < -0.4 is 20.4 Å². The number of benzene rings is 1. The summed E-state index contributed by atoms with van der Waals surface area (Å²) in [6.07, 6.45) is 8.36. The molecule has 1 saturated carbocycles. The maximum atomic E-state index is 13.3. The number of pyridine rings is 1. The van der Waals surface area contributed by atoms with Crippen LogP contribution in [0.3, 0.4) is 0 Å². The van der Waals surface area contributed by atoms with Crippen LogP contribution in [0.5, 0.6) is 0 Å². The van der Waals surface area contributed by atoms with Crippen LogP contribution in [0.25, 0.3) is 11.0 Å². The Morgan fingerprint density at radius 3 is 2.08 bits per heavy atom. The number of piperidine rings is 1. The Balaban J connectivity index is 0.621. The molecule has 0 spiro atoms. The summed E-state index contributed by atoms with van der Waals surface area (Å²) in [7, 11) is 3.57. The smallest absolute Gasteiger partial charge is 0.270 e. The van der Waals surface area contributed by atoms with E-state index in [-0.39, 0.29) is 30.7 Å². The van der Waals surface area contributed by atoms with E-state index in [0.29, 0.717) is 46.7 Å². The van der Waals surface area contributed by atoms with Crippen LogP contribution in [0.2, 0.25) is 0 Å². The second-order valence-corrected chi connectivity index (χ2v) is 18.5. The summed E-state index contributed by atoms with van der Waals surface area (Å²) in [4.78, 5) is 92.9. The lowest BCUT2D eigenvalue weighted by atomic mass is 9.94. The van der Waals surface area contributed by atoms with Crippen LogP contribution in [0.15, 0.2) is 48.8 Å². The first-order valence-electron chi connectivity index (χ1n) is 22.5. The van der Waals surface area contributed by atoms with Crippen molar-refractivity contribution in [3.8, 4) is 0 Å². The zero-order valence-corrected chi connectivity index (χ0v) is 35.8. The second-order valence-electron chi connectivity index (χ2n) is 18.5. The van der Waals surface area contributed by atoms with Gasteiger partial charge in [0.25, 0.3) is 17.7 Å². The molecule has 11 rings (SSSR count). The van der Waals surface area contributed by atoms with Gasteiger partial charge in [-0.1, -0.05) is 12.8 Å². The Labute approximate surface area is 365 Å². The third-order valence-electron chi connectivity index (χ3n) is 14.5. The zero-order chi connectivity index (χ0) is 43.1. The number of hydrogen-bond acceptors (Lipinski definition) is 14. The third-order valence-corrected chi connectivity index (χ3v) is 14.5. The highest BCUT2D eigenvalue weighted by molar-refractivity contribution is 6.23. The van der Waals surface area contributed by atoms with Crippen LogP contribution >= 0.6 is 0 Å². The van der Waals surface area contributed by atoms with E-state index in [9.17, 15) is 24.0 Å². The molecule has 2 N–H and O–H groups in total. The first kappa shape index (κ1) is 39.8. The molecule has 3 aromatic heterocycles. The minimum Gasteiger partial charge on any atom is -0.368 e. The molecule has 1 unspecified atom stereocenters. The number of imide groups is 2. The number of anilines is 4. The van der Waals surface area contributed by atoms with Crippen molar-refractivity contribution in [1.82, 2.24) is 49.3 Å². The summed E-state index contributed by atoms with van der Waals surface area (Å²) in [5.41, 5.74) is 4.09. The Bertz CT molecular complexity index is 2490. The van der Waals surface area contributed by atoms with Crippen molar-refractivity contribution in [3.63, 3.8) is 0 Å². The van der Waals surface area contributed by atoms with E-state index >= 15 is 0 Å². The van der Waals surface area contributed by atoms with Gasteiger partial charge in [0.05, 0.1) is 23.0 Å². The number of hydrogen-bond donors (Lipinski definition) is 2. The first-order chi connectivity index (χ1) is 30.6. The maximum absolute atomic E-state index is 13.3. The van der Waals surface area contributed by atoms with Gasteiger partial charge in [0.2, 0.25) is 17.8 Å². The van der Waals surface area contributed by atoms with Gasteiger partial charge in [0.15, 0.2) is 0 Å². The number of nitrogens with one attached hydrogen (secondary N) is 2. The van der Waals surface area contributed by atoms with Gasteiger partial charge >= 0.3 is 0 Å². The number of carbonyl (C=O) groups excluding carboxylic acids is 5. The lowest BCUT2D eigenvalue weighted by molar-refractivity contribution is -0.136. The van der Waals surface area contributed by atoms with E-state index in [1.807, 2.05) is 24.4 Å². The maximum Gasteiger partial charge on any atom is 0.270 e. The highest BCUT2D eigenvalue weighted by Gasteiger charge is 2.47. The zero-order valence-electron chi connectivity index (χ0n) is 35.8. The molecule has 0 bridgehead atoms. The quantitative estimate of drug-likeness (QED) is 0.222. The van der Waals surface area contributed by atoms with Crippen LogP contribution in [0, 0.1) is 0 Å². The van der Waals surface area contributed by atoms with E-state index in [2.05, 4.69) is 50.8 Å². The molecule has 1 atom stereocenters. The van der Waals surface area contributed by atoms with Gasteiger partial charge in [-0.2, -0.15) is 4.98 Å². The molecule has 1 aromatic carbocycles. The number of carbonyl (C=O) groups is 5. The minimum atomic E-state index is -0.959. The molecule has 5 saturated heterocycles. The molecule has 18 nitrogen and oxygen atoms in total. The average molecular weight is 856 g/mol. The fourth-order valence-corrected chi connectivity index (χ4v) is 10.7. The molecule has 4 aromatic rings. The third kappa shape index (κ3) is 7.07. The molecular formula is C45H53N13O5. The van der Waals surface area contributed by atoms with E-state index in [1.54, 1.807) is 37.3 Å². The van der Waals surface area contributed by atoms with Crippen LogP contribution in [0.1, 0.15) is 75.8 Å². The van der Waals surface area contributed by atoms with Gasteiger partial charge < -0.3 is 24.6 Å². The molecule has 9 heterocycles. The topological polar surface area (TPSA) is 176 Å². The summed E-state index contributed by atoms with van der Waals surface area (Å²) in [6, 6.07) is 12.3. The molecule has 7 aliphatic rings. The van der Waals surface area contributed by atoms with Gasteiger partial charge in [-0.25, -0.2) is 9.97 Å². The molecule has 0 radical (unpaired) electrons. The predicted octanol–water partition coefficient (Wildman–Crippen LogP) is 2.17. The van der Waals surface area contributed by atoms with Crippen molar-refractivity contribution in [2.24, 2.45) is 0 Å². The van der Waals surface area contributed by atoms with Crippen LogP contribution in [-0.4, -0.2) is 177 Å². The second kappa shape index (κ2) is 15.7. The van der Waals surface area contributed by atoms with E-state index in [0.717, 1.165) is 118 Å². The van der Waals surface area contributed by atoms with E-state index in [1.165, 1.54) is 0 Å². The summed E-state index contributed by atoms with van der Waals surface area (Å²) in [5.74, 6) is -0.807.